The molecule has 0 amide bonds. The third-order valence-electron chi connectivity index (χ3n) is 3.20. The minimum atomic E-state index is 0.593. The van der Waals surface area contributed by atoms with Crippen LogP contribution in [-0.4, -0.2) is 13.7 Å². The highest BCUT2D eigenvalue weighted by Gasteiger charge is 2.05. The van der Waals surface area contributed by atoms with Crippen molar-refractivity contribution in [2.75, 3.05) is 13.7 Å². The van der Waals surface area contributed by atoms with Gasteiger partial charge in [0.2, 0.25) is 0 Å². The average Bonchev–Trinajstić information content (AvgIpc) is 2.59. The summed E-state index contributed by atoms with van der Waals surface area (Å²) in [5, 5.41) is 9.44. The fourth-order valence-corrected chi connectivity index (χ4v) is 2.05. The number of rotatable bonds is 6. The molecule has 2 aromatic rings. The molecule has 0 spiro atoms. The van der Waals surface area contributed by atoms with Gasteiger partial charge < -0.3 is 9.47 Å². The number of methoxy groups -OCH3 is 1. The molecule has 0 aliphatic rings. The van der Waals surface area contributed by atoms with Crippen LogP contribution >= 0.6 is 0 Å². The normalized spacial score (nSPS) is 10.9. The molecule has 0 fully saturated rings. The predicted molar refractivity (Wildman–Crippen MR) is 88.7 cm³/mol. The number of hydrogen-bond acceptors (Lipinski definition) is 3. The number of hydrogen-bond donors (Lipinski definition) is 0. The second-order valence-electron chi connectivity index (χ2n) is 4.78. The molecule has 3 nitrogen and oxygen atoms in total. The van der Waals surface area contributed by atoms with E-state index in [1.165, 1.54) is 0 Å². The molecule has 0 heterocycles. The minimum Gasteiger partial charge on any atom is -0.497 e. The number of nitrogens with zero attached hydrogens (tertiary/aromatic N) is 1. The summed E-state index contributed by atoms with van der Waals surface area (Å²) in [7, 11) is 1.62. The van der Waals surface area contributed by atoms with Crippen LogP contribution in [0.25, 0.3) is 11.6 Å². The summed E-state index contributed by atoms with van der Waals surface area (Å²) in [4.78, 5) is 0. The van der Waals surface area contributed by atoms with E-state index >= 15 is 0 Å². The Kier molecular flexibility index (Phi) is 5.62. The van der Waals surface area contributed by atoms with Crippen LogP contribution in [0.5, 0.6) is 11.5 Å². The number of allylic oxidation sites excluding steroid dienone is 1. The summed E-state index contributed by atoms with van der Waals surface area (Å²) in [5.41, 5.74) is 2.35. The van der Waals surface area contributed by atoms with E-state index in [1.807, 2.05) is 54.6 Å². The summed E-state index contributed by atoms with van der Waals surface area (Å²) >= 11 is 0. The molecule has 0 aliphatic carbocycles. The maximum atomic E-state index is 9.44. The molecule has 2 rings (SSSR count). The lowest BCUT2D eigenvalue weighted by Gasteiger charge is -2.08. The first-order chi connectivity index (χ1) is 10.8. The summed E-state index contributed by atoms with van der Waals surface area (Å²) < 4.78 is 10.9. The third kappa shape index (κ3) is 3.89. The van der Waals surface area contributed by atoms with Crippen LogP contribution in [0, 0.1) is 11.3 Å². The van der Waals surface area contributed by atoms with Crippen molar-refractivity contribution in [2.45, 2.75) is 13.3 Å². The van der Waals surface area contributed by atoms with Crippen LogP contribution < -0.4 is 9.47 Å². The highest BCUT2D eigenvalue weighted by atomic mass is 16.5. The van der Waals surface area contributed by atoms with Crippen LogP contribution in [-0.2, 0) is 0 Å². The van der Waals surface area contributed by atoms with Gasteiger partial charge in [-0.1, -0.05) is 25.1 Å². The zero-order valence-corrected chi connectivity index (χ0v) is 12.9. The van der Waals surface area contributed by atoms with Crippen LogP contribution in [0.4, 0.5) is 0 Å². The van der Waals surface area contributed by atoms with Gasteiger partial charge in [-0.15, -0.1) is 0 Å². The third-order valence-corrected chi connectivity index (χ3v) is 3.20. The molecule has 0 saturated heterocycles. The first-order valence-corrected chi connectivity index (χ1v) is 7.26. The molecule has 0 aliphatic heterocycles. The molecular formula is C19H19NO2. The van der Waals surface area contributed by atoms with E-state index in [9.17, 15) is 5.26 Å². The van der Waals surface area contributed by atoms with Crippen molar-refractivity contribution < 1.29 is 9.47 Å². The van der Waals surface area contributed by atoms with Crippen LogP contribution in [0.2, 0.25) is 0 Å². The lowest BCUT2D eigenvalue weighted by molar-refractivity contribution is 0.317. The second-order valence-corrected chi connectivity index (χ2v) is 4.78. The molecule has 112 valence electrons. The average molecular weight is 293 g/mol. The Balaban J connectivity index is 2.34. The highest BCUT2D eigenvalue weighted by Crippen LogP contribution is 2.25. The fraction of sp³-hybridized carbons (Fsp3) is 0.211. The van der Waals surface area contributed by atoms with Crippen molar-refractivity contribution in [2.24, 2.45) is 0 Å². The Labute approximate surface area is 131 Å². The van der Waals surface area contributed by atoms with E-state index in [-0.39, 0.29) is 0 Å². The van der Waals surface area contributed by atoms with E-state index in [0.29, 0.717) is 12.2 Å². The minimum absolute atomic E-state index is 0.593. The monoisotopic (exact) mass is 293 g/mol. The van der Waals surface area contributed by atoms with E-state index in [1.54, 1.807) is 7.11 Å². The van der Waals surface area contributed by atoms with Crippen molar-refractivity contribution in [3.63, 3.8) is 0 Å². The molecule has 3 heteroatoms. The van der Waals surface area contributed by atoms with Gasteiger partial charge in [0.05, 0.1) is 25.4 Å². The standard InChI is InChI=1S/C19H19NO2/c1-3-12-22-19-7-5-4-6-16(19)13-17(14-20)15-8-10-18(21-2)11-9-15/h4-11,13H,3,12H2,1-2H3/b17-13+. The van der Waals surface area contributed by atoms with E-state index in [2.05, 4.69) is 13.0 Å². The lowest BCUT2D eigenvalue weighted by atomic mass is 10.0. The van der Waals surface area contributed by atoms with Crippen LogP contribution in [0.15, 0.2) is 48.5 Å². The van der Waals surface area contributed by atoms with Gasteiger partial charge in [-0.05, 0) is 48.4 Å². The predicted octanol–water partition coefficient (Wildman–Crippen LogP) is 4.55. The lowest BCUT2D eigenvalue weighted by Crippen LogP contribution is -1.96. The van der Waals surface area contributed by atoms with Crippen molar-refractivity contribution >= 4 is 11.6 Å². The molecule has 0 atom stereocenters. The molecule has 0 N–H and O–H groups in total. The zero-order valence-electron chi connectivity index (χ0n) is 12.9. The van der Waals surface area contributed by atoms with Gasteiger partial charge in [0, 0.05) is 5.56 Å². The van der Waals surface area contributed by atoms with Crippen molar-refractivity contribution in [1.82, 2.24) is 0 Å². The van der Waals surface area contributed by atoms with Crippen LogP contribution in [0.1, 0.15) is 24.5 Å². The zero-order chi connectivity index (χ0) is 15.8. The first-order valence-electron chi connectivity index (χ1n) is 7.26. The van der Waals surface area contributed by atoms with Gasteiger partial charge in [-0.3, -0.25) is 0 Å². The van der Waals surface area contributed by atoms with E-state index in [4.69, 9.17) is 9.47 Å². The Morgan fingerprint density at radius 2 is 1.86 bits per heavy atom. The number of nitriles is 1. The Bertz CT molecular complexity index is 681. The molecular weight excluding hydrogens is 274 g/mol. The van der Waals surface area contributed by atoms with Crippen LogP contribution in [0.3, 0.4) is 0 Å². The summed E-state index contributed by atoms with van der Waals surface area (Å²) in [6, 6.07) is 17.4. The Morgan fingerprint density at radius 3 is 2.50 bits per heavy atom. The number of ether oxygens (including phenoxy) is 2. The molecule has 0 saturated carbocycles. The molecule has 0 radical (unpaired) electrons. The van der Waals surface area contributed by atoms with Gasteiger partial charge in [0.15, 0.2) is 0 Å². The highest BCUT2D eigenvalue weighted by molar-refractivity contribution is 5.90. The van der Waals surface area contributed by atoms with Gasteiger partial charge in [-0.2, -0.15) is 5.26 Å². The van der Waals surface area contributed by atoms with E-state index in [0.717, 1.165) is 29.0 Å². The molecule has 0 unspecified atom stereocenters. The van der Waals surface area contributed by atoms with Crippen molar-refractivity contribution in [1.29, 1.82) is 5.26 Å². The second kappa shape index (κ2) is 7.90. The summed E-state index contributed by atoms with van der Waals surface area (Å²) in [6.07, 6.45) is 2.80. The maximum Gasteiger partial charge on any atom is 0.126 e. The molecule has 2 aromatic carbocycles. The topological polar surface area (TPSA) is 42.2 Å². The van der Waals surface area contributed by atoms with Gasteiger partial charge in [0.25, 0.3) is 0 Å². The Hall–Kier alpha value is -2.73. The number of para-hydroxylation sites is 1. The SMILES string of the molecule is CCCOc1ccccc1/C=C(\C#N)c1ccc(OC)cc1. The smallest absolute Gasteiger partial charge is 0.126 e. The largest absolute Gasteiger partial charge is 0.497 e. The quantitative estimate of drug-likeness (QED) is 0.579. The molecule has 22 heavy (non-hydrogen) atoms. The van der Waals surface area contributed by atoms with E-state index < -0.39 is 0 Å². The first kappa shape index (κ1) is 15.7. The van der Waals surface area contributed by atoms with Crippen molar-refractivity contribution in [3.05, 3.63) is 59.7 Å². The van der Waals surface area contributed by atoms with Crippen molar-refractivity contribution in [3.8, 4) is 17.6 Å². The number of benzene rings is 2. The van der Waals surface area contributed by atoms with Gasteiger partial charge in [0.1, 0.15) is 11.5 Å². The molecule has 0 bridgehead atoms. The van der Waals surface area contributed by atoms with Gasteiger partial charge >= 0.3 is 0 Å². The Morgan fingerprint density at radius 1 is 1.14 bits per heavy atom. The maximum absolute atomic E-state index is 9.44. The molecule has 0 aromatic heterocycles. The fourth-order valence-electron chi connectivity index (χ4n) is 2.05. The summed E-state index contributed by atoms with van der Waals surface area (Å²) in [5.74, 6) is 1.57. The summed E-state index contributed by atoms with van der Waals surface area (Å²) in [6.45, 7) is 2.73. The van der Waals surface area contributed by atoms with Gasteiger partial charge in [-0.25, -0.2) is 0 Å².